The molecule has 8 aromatic rings. The van der Waals surface area contributed by atoms with Crippen LogP contribution in [-0.4, -0.2) is 91.7 Å². The highest BCUT2D eigenvalue weighted by molar-refractivity contribution is 7.22. The van der Waals surface area contributed by atoms with Gasteiger partial charge in [-0.15, -0.1) is 0 Å². The van der Waals surface area contributed by atoms with Crippen LogP contribution in [-0.2, 0) is 45.1 Å². The van der Waals surface area contributed by atoms with Crippen molar-refractivity contribution < 1.29 is 67.8 Å². The van der Waals surface area contributed by atoms with E-state index >= 15 is 0 Å². The van der Waals surface area contributed by atoms with Crippen molar-refractivity contribution in [1.82, 2.24) is 9.97 Å². The van der Waals surface area contributed by atoms with E-state index in [4.69, 9.17) is 68.3 Å². The van der Waals surface area contributed by atoms with E-state index in [1.165, 1.54) is 12.2 Å². The number of carbonyl (C=O) groups is 3. The number of carbonyl (C=O) groups excluding carboxylic acids is 3. The highest BCUT2D eigenvalue weighted by Crippen LogP contribution is 2.36. The smallest absolute Gasteiger partial charge is 0.330 e. The van der Waals surface area contributed by atoms with Crippen LogP contribution in [0.1, 0.15) is 176 Å². The Morgan fingerprint density at radius 2 is 1.07 bits per heavy atom. The number of rotatable bonds is 47. The van der Waals surface area contributed by atoms with Crippen molar-refractivity contribution in [3.63, 3.8) is 0 Å². The summed E-state index contributed by atoms with van der Waals surface area (Å²) in [5, 5.41) is 26.1. The molecule has 0 spiro atoms. The molecule has 0 bridgehead atoms. The zero-order chi connectivity index (χ0) is 71.4. The Morgan fingerprint density at radius 1 is 0.559 bits per heavy atom. The van der Waals surface area contributed by atoms with Crippen LogP contribution >= 0.6 is 22.7 Å². The fourth-order valence-corrected chi connectivity index (χ4v) is 13.4. The van der Waals surface area contributed by atoms with E-state index in [9.17, 15) is 19.6 Å². The lowest BCUT2D eigenvalue weighted by Crippen LogP contribution is -2.27. The maximum atomic E-state index is 14.0. The average molecular weight is 1430 g/mol. The minimum Gasteiger partial charge on any atom is -0.494 e. The molecule has 1 N–H and O–H groups in total. The summed E-state index contributed by atoms with van der Waals surface area (Å²) in [5.41, 5.74) is 5.16. The summed E-state index contributed by atoms with van der Waals surface area (Å²) in [5.74, 6) is 1.24. The average Bonchev–Trinajstić information content (AvgIpc) is 1.74. The lowest BCUT2D eigenvalue weighted by Gasteiger charge is -2.26. The summed E-state index contributed by atoms with van der Waals surface area (Å²) in [4.78, 5) is 75.7. The molecule has 1 atom stereocenters. The van der Waals surface area contributed by atoms with Gasteiger partial charge in [-0.1, -0.05) is 143 Å². The summed E-state index contributed by atoms with van der Waals surface area (Å²) in [7, 11) is 0. The van der Waals surface area contributed by atoms with E-state index in [2.05, 4.69) is 39.1 Å². The van der Waals surface area contributed by atoms with Crippen LogP contribution in [0.5, 0.6) is 28.7 Å². The highest BCUT2D eigenvalue weighted by atomic mass is 32.1. The Labute approximate surface area is 606 Å². The van der Waals surface area contributed by atoms with Crippen LogP contribution in [0.25, 0.3) is 20.4 Å². The number of hydrazone groups is 2. The number of nitrogens with zero attached hydrogens (tertiary/aromatic N) is 6. The number of fused-ring (bicyclic) bond motifs is 2. The van der Waals surface area contributed by atoms with Crippen LogP contribution in [0, 0.1) is 11.8 Å². The molecule has 20 nitrogen and oxygen atoms in total. The largest absolute Gasteiger partial charge is 0.494 e. The molecular weight excluding hydrogens is 1330 g/mol. The van der Waals surface area contributed by atoms with Gasteiger partial charge in [-0.2, -0.15) is 20.0 Å². The van der Waals surface area contributed by atoms with Gasteiger partial charge in [-0.05, 0) is 191 Å². The summed E-state index contributed by atoms with van der Waals surface area (Å²) >= 11 is 3.16. The Hall–Kier alpha value is -9.03. The second-order valence-corrected chi connectivity index (χ2v) is 27.1. The molecule has 2 heterocycles. The van der Waals surface area contributed by atoms with Gasteiger partial charge in [0.05, 0.1) is 71.8 Å². The lowest BCUT2D eigenvalue weighted by molar-refractivity contribution is -0.270. The van der Waals surface area contributed by atoms with Crippen LogP contribution in [0.2, 0.25) is 0 Å². The van der Waals surface area contributed by atoms with E-state index < -0.39 is 18.0 Å². The van der Waals surface area contributed by atoms with Crippen molar-refractivity contribution in [2.75, 3.05) is 56.1 Å². The highest BCUT2D eigenvalue weighted by Gasteiger charge is 2.29. The summed E-state index contributed by atoms with van der Waals surface area (Å²) in [6.07, 6.45) is 22.9. The van der Waals surface area contributed by atoms with Crippen molar-refractivity contribution in [3.05, 3.63) is 187 Å². The number of ether oxygens (including phenoxy) is 5. The van der Waals surface area contributed by atoms with E-state index in [0.29, 0.717) is 117 Å². The standard InChI is InChI=1S/C80H96N6O14S2/c1-5-9-11-21-47-85(79-83-70-27-17-19-29-73(70)101-79)81-55-63-53-68(43-45-69(63)77(98-90)61-37-41-66(42-38-61)92-50-24-14-16-26-52-94-76(88)8-4)99-95-57-59-31-35-62(36-32-59)78(89)97-67-44-46-72(100-96-58-60-33-39-65(40-34-60)91-49-23-13-15-25-51-93-75(87)7-3)64(54-67)56-82-86(48-22-12-10-6-2)80-84-71-28-18-20-30-74(71)102-80/h7-8,17-20,27-30,33-34,37-46,53-56,59,62,77,90H,3-6,9-16,21-26,31-32,35-36,47-52,57-58H2,1-2H3/b81-55+,82-56+. The van der Waals surface area contributed by atoms with Crippen molar-refractivity contribution in [3.8, 4) is 28.7 Å². The molecule has 1 aliphatic carbocycles. The van der Waals surface area contributed by atoms with E-state index in [1.807, 2.05) is 107 Å². The van der Waals surface area contributed by atoms with Gasteiger partial charge in [0.15, 0.2) is 11.5 Å². The quantitative estimate of drug-likeness (QED) is 0.00712. The van der Waals surface area contributed by atoms with Crippen molar-refractivity contribution in [2.24, 2.45) is 22.0 Å². The summed E-state index contributed by atoms with van der Waals surface area (Å²) < 4.78 is 30.4. The predicted molar refractivity (Wildman–Crippen MR) is 402 cm³/mol. The minimum absolute atomic E-state index is 0.116. The van der Waals surface area contributed by atoms with Gasteiger partial charge in [0.25, 0.3) is 0 Å². The van der Waals surface area contributed by atoms with Crippen LogP contribution in [0.4, 0.5) is 10.3 Å². The molecule has 102 heavy (non-hydrogen) atoms. The molecule has 0 radical (unpaired) electrons. The summed E-state index contributed by atoms with van der Waals surface area (Å²) in [6.45, 7) is 14.8. The first-order valence-electron chi connectivity index (χ1n) is 35.9. The molecule has 6 aromatic carbocycles. The number of para-hydroxylation sites is 2. The molecule has 0 amide bonds. The second kappa shape index (κ2) is 43.0. The van der Waals surface area contributed by atoms with Crippen molar-refractivity contribution >= 4 is 83.7 Å². The number of unbranched alkanes of at least 4 members (excludes halogenated alkanes) is 12. The fourth-order valence-electron chi connectivity index (χ4n) is 11.5. The van der Waals surface area contributed by atoms with Crippen LogP contribution < -0.4 is 34.0 Å². The maximum absolute atomic E-state index is 14.0. The normalized spacial score (nSPS) is 14.0. The molecule has 22 heteroatoms. The van der Waals surface area contributed by atoms with Gasteiger partial charge in [0, 0.05) is 36.4 Å². The third kappa shape index (κ3) is 25.2. The molecule has 9 rings (SSSR count). The number of hydrogen-bond donors (Lipinski definition) is 1. The van der Waals surface area contributed by atoms with E-state index in [0.717, 1.165) is 145 Å². The first-order valence-corrected chi connectivity index (χ1v) is 37.5. The molecule has 542 valence electrons. The Balaban J connectivity index is 0.826. The molecule has 1 aliphatic rings. The third-order valence-electron chi connectivity index (χ3n) is 17.3. The number of hydrogen-bond acceptors (Lipinski definition) is 22. The molecule has 1 saturated carbocycles. The maximum Gasteiger partial charge on any atom is 0.330 e. The molecule has 1 fully saturated rings. The molecule has 0 saturated heterocycles. The van der Waals surface area contributed by atoms with E-state index in [-0.39, 0.29) is 24.4 Å². The zero-order valence-electron chi connectivity index (χ0n) is 58.7. The topological polar surface area (TPSA) is 221 Å². The number of thiazole rings is 2. The monoisotopic (exact) mass is 1430 g/mol. The first-order chi connectivity index (χ1) is 50.1. The predicted octanol–water partition coefficient (Wildman–Crippen LogP) is 18.9. The van der Waals surface area contributed by atoms with Gasteiger partial charge in [0.2, 0.25) is 10.3 Å². The van der Waals surface area contributed by atoms with Crippen molar-refractivity contribution in [1.29, 1.82) is 0 Å². The van der Waals surface area contributed by atoms with Gasteiger partial charge in [-0.3, -0.25) is 10.1 Å². The number of benzene rings is 6. The SMILES string of the molecule is C=CC(=O)OCCCCCCOc1ccc(COOc2ccc(OC(=O)C3CCC(COOc4ccc(C(OO)c5ccc(OCCCCCCOC(=O)C=C)cc5)c(/C=N/N(CCCCCC)c5nc6ccccc6s5)c4)CC3)cc2/C=N/N(CCCCCC)c2nc3ccccc3s2)cc1. The third-order valence-corrected chi connectivity index (χ3v) is 19.4. The minimum atomic E-state index is -0.903. The Kier molecular flexibility index (Phi) is 32.6. The number of aromatic nitrogens is 2. The molecule has 0 aliphatic heterocycles. The van der Waals surface area contributed by atoms with Gasteiger partial charge < -0.3 is 33.5 Å². The van der Waals surface area contributed by atoms with Crippen LogP contribution in [0.3, 0.4) is 0 Å². The van der Waals surface area contributed by atoms with Gasteiger partial charge in [-0.25, -0.2) is 34.5 Å². The zero-order valence-corrected chi connectivity index (χ0v) is 60.3. The number of anilines is 2. The second-order valence-electron chi connectivity index (χ2n) is 25.1. The lowest BCUT2D eigenvalue weighted by atomic mass is 9.82. The Morgan fingerprint density at radius 3 is 1.62 bits per heavy atom. The van der Waals surface area contributed by atoms with Crippen LogP contribution in [0.15, 0.2) is 169 Å². The number of esters is 3. The first kappa shape index (κ1) is 77.1. The molecule has 1 unspecified atom stereocenters. The summed E-state index contributed by atoms with van der Waals surface area (Å²) in [6, 6.07) is 41.8. The Bertz CT molecular complexity index is 3860. The van der Waals surface area contributed by atoms with E-state index in [1.54, 1.807) is 59.4 Å². The fraction of sp³-hybridized carbons (Fsp3) is 0.412. The molecule has 2 aromatic heterocycles. The van der Waals surface area contributed by atoms with Gasteiger partial charge in [0.1, 0.15) is 30.0 Å². The molecular formula is C80H96N6O14S2. The van der Waals surface area contributed by atoms with Gasteiger partial charge >= 0.3 is 17.9 Å². The van der Waals surface area contributed by atoms with Crippen molar-refractivity contribution in [2.45, 2.75) is 155 Å².